The molecule has 0 spiro atoms. The highest BCUT2D eigenvalue weighted by molar-refractivity contribution is 6.32. The molecule has 2 heterocycles. The molecule has 5 nitrogen and oxygen atoms in total. The first-order valence-corrected chi connectivity index (χ1v) is 7.36. The van der Waals surface area contributed by atoms with E-state index in [0.29, 0.717) is 17.0 Å². The molecule has 1 N–H and O–H groups in total. The molecule has 0 aliphatic rings. The van der Waals surface area contributed by atoms with Crippen LogP contribution in [0.3, 0.4) is 0 Å². The van der Waals surface area contributed by atoms with Crippen LogP contribution in [0.2, 0.25) is 5.02 Å². The van der Waals surface area contributed by atoms with Crippen molar-refractivity contribution in [3.8, 4) is 5.75 Å². The Morgan fingerprint density at radius 2 is 2.08 bits per heavy atom. The number of rotatable bonds is 5. The molecular formula is C16H12ClF2N3O2. The number of benzene rings is 1. The maximum Gasteiger partial charge on any atom is 0.387 e. The van der Waals surface area contributed by atoms with Crippen molar-refractivity contribution >= 4 is 22.9 Å². The van der Waals surface area contributed by atoms with E-state index in [-0.39, 0.29) is 22.9 Å². The van der Waals surface area contributed by atoms with Gasteiger partial charge in [-0.1, -0.05) is 17.7 Å². The maximum atomic E-state index is 12.2. The second-order valence-electron chi connectivity index (χ2n) is 4.89. The van der Waals surface area contributed by atoms with Gasteiger partial charge in [0, 0.05) is 18.0 Å². The van der Waals surface area contributed by atoms with Crippen molar-refractivity contribution in [3.05, 3.63) is 69.7 Å². The molecule has 0 aliphatic heterocycles. The van der Waals surface area contributed by atoms with Gasteiger partial charge in [-0.05, 0) is 30.3 Å². The summed E-state index contributed by atoms with van der Waals surface area (Å²) in [5.41, 5.74) is 1.50. The molecule has 1 aromatic carbocycles. The van der Waals surface area contributed by atoms with Gasteiger partial charge in [-0.15, -0.1) is 0 Å². The Bertz CT molecular complexity index is 931. The fourth-order valence-corrected chi connectivity index (χ4v) is 2.41. The average Bonchev–Trinajstić information content (AvgIpc) is 2.55. The van der Waals surface area contributed by atoms with Crippen molar-refractivity contribution in [1.82, 2.24) is 9.38 Å². The van der Waals surface area contributed by atoms with Gasteiger partial charge in [0.2, 0.25) is 0 Å². The molecule has 0 bridgehead atoms. The molecule has 0 unspecified atom stereocenters. The van der Waals surface area contributed by atoms with Gasteiger partial charge in [-0.2, -0.15) is 8.78 Å². The molecule has 0 saturated carbocycles. The molecule has 0 radical (unpaired) electrons. The number of aromatic nitrogens is 2. The number of pyridine rings is 1. The van der Waals surface area contributed by atoms with Crippen molar-refractivity contribution in [1.29, 1.82) is 0 Å². The van der Waals surface area contributed by atoms with E-state index < -0.39 is 6.61 Å². The third kappa shape index (κ3) is 3.62. The lowest BCUT2D eigenvalue weighted by Gasteiger charge is -2.10. The van der Waals surface area contributed by atoms with E-state index in [9.17, 15) is 13.6 Å². The minimum absolute atomic E-state index is 0.0619. The number of halogens is 3. The fourth-order valence-electron chi connectivity index (χ4n) is 2.19. The Labute approximate surface area is 140 Å². The molecule has 0 aliphatic carbocycles. The Morgan fingerprint density at radius 1 is 1.25 bits per heavy atom. The number of hydrogen-bond donors (Lipinski definition) is 1. The van der Waals surface area contributed by atoms with Crippen LogP contribution in [0.5, 0.6) is 5.75 Å². The third-order valence-corrected chi connectivity index (χ3v) is 3.54. The second-order valence-corrected chi connectivity index (χ2v) is 5.30. The van der Waals surface area contributed by atoms with E-state index in [0.717, 1.165) is 0 Å². The SMILES string of the molecule is O=c1cc(CNc2ccc(OC(F)F)c(Cl)c2)nc2ccccn12. The predicted octanol–water partition coefficient (Wildman–Crippen LogP) is 3.56. The van der Waals surface area contributed by atoms with Gasteiger partial charge in [0.1, 0.15) is 11.4 Å². The number of nitrogens with zero attached hydrogens (tertiary/aromatic N) is 2. The highest BCUT2D eigenvalue weighted by Gasteiger charge is 2.09. The summed E-state index contributed by atoms with van der Waals surface area (Å²) in [6.07, 6.45) is 1.64. The molecular weight excluding hydrogens is 340 g/mol. The summed E-state index contributed by atoms with van der Waals surface area (Å²) < 4.78 is 30.1. The lowest BCUT2D eigenvalue weighted by atomic mass is 10.3. The summed E-state index contributed by atoms with van der Waals surface area (Å²) in [5.74, 6) is -0.0979. The monoisotopic (exact) mass is 351 g/mol. The summed E-state index contributed by atoms with van der Waals surface area (Å²) in [6.45, 7) is -2.65. The molecule has 8 heteroatoms. The highest BCUT2D eigenvalue weighted by atomic mass is 35.5. The van der Waals surface area contributed by atoms with Crippen LogP contribution in [0.25, 0.3) is 5.65 Å². The Kier molecular flexibility index (Phi) is 4.61. The third-order valence-electron chi connectivity index (χ3n) is 3.25. The maximum absolute atomic E-state index is 12.2. The number of anilines is 1. The number of alkyl halides is 2. The average molecular weight is 352 g/mol. The smallest absolute Gasteiger partial charge is 0.387 e. The lowest BCUT2D eigenvalue weighted by molar-refractivity contribution is -0.0497. The van der Waals surface area contributed by atoms with E-state index in [4.69, 9.17) is 11.6 Å². The largest absolute Gasteiger partial charge is 0.433 e. The summed E-state index contributed by atoms with van der Waals surface area (Å²) in [6, 6.07) is 11.1. The minimum Gasteiger partial charge on any atom is -0.433 e. The molecule has 0 saturated heterocycles. The molecule has 124 valence electrons. The molecule has 24 heavy (non-hydrogen) atoms. The first-order chi connectivity index (χ1) is 11.5. The van der Waals surface area contributed by atoms with Gasteiger partial charge < -0.3 is 10.1 Å². The van der Waals surface area contributed by atoms with Gasteiger partial charge in [0.15, 0.2) is 0 Å². The summed E-state index contributed by atoms with van der Waals surface area (Å²) >= 11 is 5.89. The Morgan fingerprint density at radius 3 is 2.83 bits per heavy atom. The Hall–Kier alpha value is -2.67. The topological polar surface area (TPSA) is 55.6 Å². The van der Waals surface area contributed by atoms with Gasteiger partial charge in [-0.25, -0.2) is 4.98 Å². The zero-order valence-electron chi connectivity index (χ0n) is 12.2. The van der Waals surface area contributed by atoms with Crippen LogP contribution in [0, 0.1) is 0 Å². The summed E-state index contributed by atoms with van der Waals surface area (Å²) in [5, 5.41) is 3.10. The van der Waals surface area contributed by atoms with E-state index in [1.807, 2.05) is 0 Å². The summed E-state index contributed by atoms with van der Waals surface area (Å²) in [4.78, 5) is 16.4. The number of nitrogens with one attached hydrogen (secondary N) is 1. The van der Waals surface area contributed by atoms with Crippen LogP contribution in [0.15, 0.2) is 53.5 Å². The van der Waals surface area contributed by atoms with Crippen LogP contribution in [0.4, 0.5) is 14.5 Å². The van der Waals surface area contributed by atoms with Crippen molar-refractivity contribution in [3.63, 3.8) is 0 Å². The van der Waals surface area contributed by atoms with Crippen molar-refractivity contribution < 1.29 is 13.5 Å². The van der Waals surface area contributed by atoms with Crippen LogP contribution < -0.4 is 15.6 Å². The molecule has 0 fully saturated rings. The number of ether oxygens (including phenoxy) is 1. The van der Waals surface area contributed by atoms with Crippen LogP contribution in [-0.4, -0.2) is 16.0 Å². The van der Waals surface area contributed by atoms with Crippen molar-refractivity contribution in [2.45, 2.75) is 13.2 Å². The van der Waals surface area contributed by atoms with Gasteiger partial charge in [-0.3, -0.25) is 9.20 Å². The normalized spacial score (nSPS) is 11.0. The highest BCUT2D eigenvalue weighted by Crippen LogP contribution is 2.29. The Balaban J connectivity index is 1.76. The van der Waals surface area contributed by atoms with Gasteiger partial charge in [0.05, 0.1) is 17.3 Å². The standard InChI is InChI=1S/C16H12ClF2N3O2/c17-12-7-10(4-5-13(12)24-16(18)19)20-9-11-8-15(23)22-6-2-1-3-14(22)21-11/h1-8,16,20H,9H2. The van der Waals surface area contributed by atoms with Crippen molar-refractivity contribution in [2.75, 3.05) is 5.32 Å². The van der Waals surface area contributed by atoms with E-state index in [2.05, 4.69) is 15.0 Å². The quantitative estimate of drug-likeness (QED) is 0.763. The van der Waals surface area contributed by atoms with Crippen LogP contribution in [-0.2, 0) is 6.54 Å². The molecule has 3 aromatic rings. The van der Waals surface area contributed by atoms with E-state index in [1.165, 1.54) is 22.6 Å². The lowest BCUT2D eigenvalue weighted by Crippen LogP contribution is -2.16. The fraction of sp³-hybridized carbons (Fsp3) is 0.125. The molecule has 0 amide bonds. The number of fused-ring (bicyclic) bond motifs is 1. The minimum atomic E-state index is -2.93. The zero-order valence-corrected chi connectivity index (χ0v) is 13.0. The van der Waals surface area contributed by atoms with Crippen LogP contribution >= 0.6 is 11.6 Å². The second kappa shape index (κ2) is 6.84. The first kappa shape index (κ1) is 16.2. The molecule has 2 aromatic heterocycles. The zero-order chi connectivity index (χ0) is 17.1. The molecule has 0 atom stereocenters. The first-order valence-electron chi connectivity index (χ1n) is 6.98. The van der Waals surface area contributed by atoms with Gasteiger partial charge >= 0.3 is 6.61 Å². The summed E-state index contributed by atoms with van der Waals surface area (Å²) in [7, 11) is 0. The predicted molar refractivity (Wildman–Crippen MR) is 86.9 cm³/mol. The number of hydrogen-bond acceptors (Lipinski definition) is 4. The molecule has 3 rings (SSSR count). The van der Waals surface area contributed by atoms with Crippen LogP contribution in [0.1, 0.15) is 5.69 Å². The van der Waals surface area contributed by atoms with E-state index >= 15 is 0 Å². The van der Waals surface area contributed by atoms with Gasteiger partial charge in [0.25, 0.3) is 5.56 Å². The van der Waals surface area contributed by atoms with E-state index in [1.54, 1.807) is 30.5 Å². The van der Waals surface area contributed by atoms with Crippen molar-refractivity contribution in [2.24, 2.45) is 0 Å².